The fourth-order valence-corrected chi connectivity index (χ4v) is 2.98. The van der Waals surface area contributed by atoms with Crippen molar-refractivity contribution in [2.75, 3.05) is 11.6 Å². The van der Waals surface area contributed by atoms with Crippen molar-refractivity contribution in [2.24, 2.45) is 0 Å². The van der Waals surface area contributed by atoms with Gasteiger partial charge in [0.25, 0.3) is 5.56 Å². The third kappa shape index (κ3) is 2.29. The molecule has 0 saturated carbocycles. The van der Waals surface area contributed by atoms with Crippen LogP contribution >= 0.6 is 11.8 Å². The zero-order chi connectivity index (χ0) is 15.0. The summed E-state index contributed by atoms with van der Waals surface area (Å²) < 4.78 is 0.991. The van der Waals surface area contributed by atoms with E-state index in [1.54, 1.807) is 6.92 Å². The normalized spacial score (nSPS) is 11.3. The summed E-state index contributed by atoms with van der Waals surface area (Å²) in [5.74, 6) is 6.14. The molecule has 2 heterocycles. The first-order valence-corrected chi connectivity index (χ1v) is 7.53. The number of nitrogens with zero attached hydrogens (tertiary/aromatic N) is 2. The number of H-pyrrole nitrogens is 1. The van der Waals surface area contributed by atoms with Gasteiger partial charge in [0.1, 0.15) is 16.8 Å². The molecule has 0 spiro atoms. The third-order valence-electron chi connectivity index (χ3n) is 3.28. The Labute approximate surface area is 124 Å². The molecule has 0 aliphatic heterocycles. The highest BCUT2D eigenvalue weighted by atomic mass is 32.2. The fraction of sp³-hybridized carbons (Fsp3) is 0.214. The average molecular weight is 302 g/mol. The molecule has 0 aliphatic carbocycles. The van der Waals surface area contributed by atoms with Crippen LogP contribution in [0.3, 0.4) is 0 Å². The van der Waals surface area contributed by atoms with Crippen molar-refractivity contribution < 1.29 is 4.79 Å². The largest absolute Gasteiger partial charge is 0.349 e. The van der Waals surface area contributed by atoms with Gasteiger partial charge in [-0.15, -0.1) is 0 Å². The number of hydrogen-bond acceptors (Lipinski definition) is 5. The van der Waals surface area contributed by atoms with Gasteiger partial charge in [-0.05, 0) is 6.07 Å². The van der Waals surface area contributed by atoms with Crippen molar-refractivity contribution in [1.82, 2.24) is 14.6 Å². The van der Waals surface area contributed by atoms with Gasteiger partial charge in [-0.3, -0.25) is 9.59 Å². The van der Waals surface area contributed by atoms with Crippen molar-refractivity contribution in [3.63, 3.8) is 0 Å². The van der Waals surface area contributed by atoms with E-state index in [1.165, 1.54) is 11.8 Å². The molecule has 6 nitrogen and oxygen atoms in total. The number of carbonyl (C=O) groups is 1. The molecule has 0 aliphatic rings. The minimum Gasteiger partial charge on any atom is -0.349 e. The van der Waals surface area contributed by atoms with Crippen LogP contribution in [0.2, 0.25) is 0 Å². The lowest BCUT2D eigenvalue weighted by Crippen LogP contribution is -2.30. The quantitative estimate of drug-likeness (QED) is 0.434. The maximum atomic E-state index is 12.3. The molecular weight excluding hydrogens is 288 g/mol. The van der Waals surface area contributed by atoms with Crippen LogP contribution in [0.15, 0.2) is 34.2 Å². The molecule has 0 radical (unpaired) electrons. The maximum Gasteiger partial charge on any atom is 0.296 e. The lowest BCUT2D eigenvalue weighted by Gasteiger charge is -2.05. The molecule has 0 atom stereocenters. The molecule has 3 aromatic rings. The van der Waals surface area contributed by atoms with Crippen molar-refractivity contribution in [3.8, 4) is 0 Å². The van der Waals surface area contributed by atoms with E-state index in [0.29, 0.717) is 22.6 Å². The third-order valence-corrected chi connectivity index (χ3v) is 4.29. The Morgan fingerprint density at radius 1 is 1.43 bits per heavy atom. The monoisotopic (exact) mass is 302 g/mol. The Kier molecular flexibility index (Phi) is 3.42. The summed E-state index contributed by atoms with van der Waals surface area (Å²) in [6, 6.07) is 7.55. The van der Waals surface area contributed by atoms with Gasteiger partial charge in [-0.2, -0.15) is 0 Å². The smallest absolute Gasteiger partial charge is 0.296 e. The number of rotatable bonds is 4. The predicted octanol–water partition coefficient (Wildman–Crippen LogP) is 1.66. The molecule has 0 saturated heterocycles. The van der Waals surface area contributed by atoms with Crippen LogP contribution in [-0.4, -0.2) is 26.2 Å². The van der Waals surface area contributed by atoms with Crippen LogP contribution in [0.5, 0.6) is 0 Å². The summed E-state index contributed by atoms with van der Waals surface area (Å²) in [4.78, 5) is 31.2. The highest BCUT2D eigenvalue weighted by molar-refractivity contribution is 7.99. The molecule has 0 amide bonds. The number of nitrogens with one attached hydrogen (secondary N) is 1. The molecule has 21 heavy (non-hydrogen) atoms. The lowest BCUT2D eigenvalue weighted by atomic mass is 10.2. The first-order valence-electron chi connectivity index (χ1n) is 6.55. The first kappa shape index (κ1) is 13.7. The lowest BCUT2D eigenvalue weighted by molar-refractivity contribution is -0.116. The number of nitrogen functional groups attached to an aromatic ring is 1. The number of benzene rings is 1. The van der Waals surface area contributed by atoms with Gasteiger partial charge in [0.05, 0.1) is 5.75 Å². The number of para-hydroxylation sites is 1. The highest BCUT2D eigenvalue weighted by Crippen LogP contribution is 2.23. The van der Waals surface area contributed by atoms with Crippen molar-refractivity contribution in [3.05, 3.63) is 34.6 Å². The van der Waals surface area contributed by atoms with E-state index in [4.69, 9.17) is 5.84 Å². The Morgan fingerprint density at radius 2 is 2.19 bits per heavy atom. The average Bonchev–Trinajstić information content (AvgIpc) is 2.88. The number of Topliss-reactive ketones (excluding diaryl/α,β-unsaturated/α-hetero) is 1. The molecule has 3 N–H and O–H groups in total. The van der Waals surface area contributed by atoms with Gasteiger partial charge in [-0.1, -0.05) is 36.9 Å². The molecule has 108 valence electrons. The minimum atomic E-state index is -0.345. The second-order valence-corrected chi connectivity index (χ2v) is 5.59. The summed E-state index contributed by atoms with van der Waals surface area (Å²) in [6.45, 7) is 1.80. The molecule has 0 bridgehead atoms. The standard InChI is InChI=1S/C14H14N4O2S/c1-2-8(19)7-21-14-17-11-9-5-3-4-6-10(9)16-12(11)13(20)18(14)15/h3-6,16H,2,7,15H2,1H3. The number of carbonyl (C=O) groups excluding carboxylic acids is 1. The van der Waals surface area contributed by atoms with E-state index < -0.39 is 0 Å². The van der Waals surface area contributed by atoms with Crippen LogP contribution in [-0.2, 0) is 4.79 Å². The van der Waals surface area contributed by atoms with Gasteiger partial charge < -0.3 is 10.8 Å². The van der Waals surface area contributed by atoms with Crippen LogP contribution in [0.25, 0.3) is 21.9 Å². The second kappa shape index (κ2) is 5.25. The van der Waals surface area contributed by atoms with Gasteiger partial charge >= 0.3 is 0 Å². The van der Waals surface area contributed by atoms with Crippen molar-refractivity contribution in [1.29, 1.82) is 0 Å². The zero-order valence-corrected chi connectivity index (χ0v) is 12.2. The molecule has 7 heteroatoms. The van der Waals surface area contributed by atoms with E-state index in [2.05, 4.69) is 9.97 Å². The van der Waals surface area contributed by atoms with E-state index in [9.17, 15) is 9.59 Å². The van der Waals surface area contributed by atoms with Gasteiger partial charge in [0.15, 0.2) is 5.16 Å². The van der Waals surface area contributed by atoms with Gasteiger partial charge in [0.2, 0.25) is 0 Å². The number of aromatic amines is 1. The molecule has 1 aromatic carbocycles. The number of hydrogen-bond donors (Lipinski definition) is 2. The zero-order valence-electron chi connectivity index (χ0n) is 11.4. The fourth-order valence-electron chi connectivity index (χ4n) is 2.10. The SMILES string of the molecule is CCC(=O)CSc1nc2c([nH]c3ccccc32)c(=O)n1N. The highest BCUT2D eigenvalue weighted by Gasteiger charge is 2.14. The Balaban J connectivity index is 2.17. The summed E-state index contributed by atoms with van der Waals surface area (Å²) in [5, 5.41) is 1.22. The summed E-state index contributed by atoms with van der Waals surface area (Å²) >= 11 is 1.18. The van der Waals surface area contributed by atoms with E-state index in [-0.39, 0.29) is 17.1 Å². The van der Waals surface area contributed by atoms with Gasteiger partial charge in [-0.25, -0.2) is 9.66 Å². The van der Waals surface area contributed by atoms with Crippen molar-refractivity contribution >= 4 is 39.5 Å². The second-order valence-electron chi connectivity index (χ2n) is 4.64. The van der Waals surface area contributed by atoms with Crippen LogP contribution < -0.4 is 11.4 Å². The minimum absolute atomic E-state index is 0.0910. The summed E-state index contributed by atoms with van der Waals surface area (Å²) in [6.07, 6.45) is 0.455. The summed E-state index contributed by atoms with van der Waals surface area (Å²) in [5.41, 5.74) is 1.46. The Hall–Kier alpha value is -2.28. The number of fused-ring (bicyclic) bond motifs is 3. The molecule has 0 unspecified atom stereocenters. The first-order chi connectivity index (χ1) is 10.1. The van der Waals surface area contributed by atoms with E-state index in [1.807, 2.05) is 24.3 Å². The number of ketones is 1. The number of nitrogens with two attached hydrogens (primary N) is 1. The van der Waals surface area contributed by atoms with E-state index >= 15 is 0 Å². The molecule has 3 rings (SSSR count). The van der Waals surface area contributed by atoms with Crippen LogP contribution in [0, 0.1) is 0 Å². The number of thioether (sulfide) groups is 1. The van der Waals surface area contributed by atoms with Gasteiger partial charge in [0, 0.05) is 17.3 Å². The molecular formula is C14H14N4O2S. The number of aromatic nitrogens is 3. The summed E-state index contributed by atoms with van der Waals surface area (Å²) in [7, 11) is 0. The molecule has 0 fully saturated rings. The van der Waals surface area contributed by atoms with Crippen molar-refractivity contribution in [2.45, 2.75) is 18.5 Å². The maximum absolute atomic E-state index is 12.3. The topological polar surface area (TPSA) is 93.8 Å². The Morgan fingerprint density at radius 3 is 2.95 bits per heavy atom. The van der Waals surface area contributed by atoms with Crippen LogP contribution in [0.4, 0.5) is 0 Å². The predicted molar refractivity (Wildman–Crippen MR) is 84.0 cm³/mol. The molecule has 2 aromatic heterocycles. The van der Waals surface area contributed by atoms with E-state index in [0.717, 1.165) is 15.6 Å². The van der Waals surface area contributed by atoms with Crippen LogP contribution in [0.1, 0.15) is 13.3 Å². The Bertz CT molecular complexity index is 897.